The number of amides is 2. The molecule has 12 heteroatoms. The molecule has 2 aliphatic rings. The topological polar surface area (TPSA) is 84.4 Å². The van der Waals surface area contributed by atoms with Crippen molar-refractivity contribution in [2.75, 3.05) is 26.0 Å². The molecule has 2 saturated carbocycles. The number of aromatic nitrogens is 5. The van der Waals surface area contributed by atoms with E-state index in [2.05, 4.69) is 19.5 Å². The molecule has 4 aromatic rings. The molecular formula is C28H34F2N8O2. The van der Waals surface area contributed by atoms with Gasteiger partial charge in [-0.1, -0.05) is 0 Å². The number of hydrogen-bond donors (Lipinski definition) is 0. The quantitative estimate of drug-likeness (QED) is 0.310. The maximum absolute atomic E-state index is 13.9. The third kappa shape index (κ3) is 4.29. The number of hydrogen-bond acceptors (Lipinski definition) is 5. The average Bonchev–Trinajstić information content (AvgIpc) is 3.82. The minimum absolute atomic E-state index is 0.0749. The lowest BCUT2D eigenvalue weighted by Gasteiger charge is -2.23. The molecule has 1 aromatic carbocycles. The van der Waals surface area contributed by atoms with Crippen LogP contribution < -0.4 is 4.90 Å². The Kier molecular flexibility index (Phi) is 6.30. The maximum atomic E-state index is 13.9. The van der Waals surface area contributed by atoms with Crippen molar-refractivity contribution in [3.05, 3.63) is 35.9 Å². The first kappa shape index (κ1) is 26.3. The van der Waals surface area contributed by atoms with Crippen LogP contribution in [0.2, 0.25) is 0 Å². The molecule has 2 aliphatic carbocycles. The summed E-state index contributed by atoms with van der Waals surface area (Å²) in [6, 6.07) is 6.16. The highest BCUT2D eigenvalue weighted by molar-refractivity contribution is 6.13. The zero-order chi connectivity index (χ0) is 28.5. The molecule has 10 nitrogen and oxygen atoms in total. The van der Waals surface area contributed by atoms with Gasteiger partial charge < -0.3 is 23.8 Å². The molecule has 3 heterocycles. The second kappa shape index (κ2) is 9.60. The highest BCUT2D eigenvalue weighted by atomic mass is 19.3. The fraction of sp³-hybridized carbons (Fsp3) is 0.500. The molecule has 212 valence electrons. The summed E-state index contributed by atoms with van der Waals surface area (Å²) in [7, 11) is 6.83. The number of carbonyl (C=O) groups is 2. The summed E-state index contributed by atoms with van der Waals surface area (Å²) < 4.78 is 31.7. The summed E-state index contributed by atoms with van der Waals surface area (Å²) in [6.07, 6.45) is 3.31. The summed E-state index contributed by atoms with van der Waals surface area (Å²) in [5.41, 5.74) is 3.87. The number of carbonyl (C=O) groups excluding carboxylic acids is 2. The van der Waals surface area contributed by atoms with Gasteiger partial charge in [-0.05, 0) is 44.7 Å². The zero-order valence-electron chi connectivity index (χ0n) is 23.4. The van der Waals surface area contributed by atoms with E-state index in [4.69, 9.17) is 0 Å². The van der Waals surface area contributed by atoms with Gasteiger partial charge in [-0.15, -0.1) is 0 Å². The third-order valence-corrected chi connectivity index (χ3v) is 7.91. The maximum Gasteiger partial charge on any atom is 0.271 e. The van der Waals surface area contributed by atoms with Crippen LogP contribution >= 0.6 is 0 Å². The monoisotopic (exact) mass is 552 g/mol. The second-order valence-electron chi connectivity index (χ2n) is 11.0. The van der Waals surface area contributed by atoms with Crippen LogP contribution in [0.5, 0.6) is 0 Å². The highest BCUT2D eigenvalue weighted by Gasteiger charge is 2.43. The first-order chi connectivity index (χ1) is 19.1. The normalized spacial score (nSPS) is 15.4. The van der Waals surface area contributed by atoms with Gasteiger partial charge in [0, 0.05) is 58.3 Å². The van der Waals surface area contributed by atoms with Crippen molar-refractivity contribution in [3.8, 4) is 0 Å². The molecule has 0 saturated heterocycles. The third-order valence-electron chi connectivity index (χ3n) is 7.91. The Morgan fingerprint density at radius 3 is 2.27 bits per heavy atom. The number of imidazole rings is 1. The lowest BCUT2D eigenvalue weighted by Crippen LogP contribution is -2.36. The highest BCUT2D eigenvalue weighted by Crippen LogP contribution is 2.41. The van der Waals surface area contributed by atoms with Crippen molar-refractivity contribution in [2.45, 2.75) is 64.2 Å². The minimum Gasteiger partial charge on any atom is -0.343 e. The van der Waals surface area contributed by atoms with Crippen LogP contribution in [-0.4, -0.2) is 85.2 Å². The molecule has 2 fully saturated rings. The Labute approximate surface area is 230 Å². The molecule has 0 N–H and O–H groups in total. The smallest absolute Gasteiger partial charge is 0.271 e. The van der Waals surface area contributed by atoms with Gasteiger partial charge in [-0.2, -0.15) is 5.10 Å². The number of aryl methyl sites for hydroxylation is 2. The van der Waals surface area contributed by atoms with Crippen molar-refractivity contribution in [1.82, 2.24) is 33.7 Å². The van der Waals surface area contributed by atoms with Crippen LogP contribution in [0, 0.1) is 0 Å². The van der Waals surface area contributed by atoms with Gasteiger partial charge in [-0.3, -0.25) is 14.3 Å². The fourth-order valence-electron chi connectivity index (χ4n) is 5.64. The van der Waals surface area contributed by atoms with Gasteiger partial charge in [0.25, 0.3) is 18.2 Å². The van der Waals surface area contributed by atoms with E-state index in [9.17, 15) is 18.4 Å². The zero-order valence-corrected chi connectivity index (χ0v) is 23.4. The van der Waals surface area contributed by atoms with Crippen molar-refractivity contribution in [3.63, 3.8) is 0 Å². The number of halogens is 2. The Balaban J connectivity index is 1.49. The summed E-state index contributed by atoms with van der Waals surface area (Å²) >= 11 is 0. The van der Waals surface area contributed by atoms with Crippen molar-refractivity contribution in [1.29, 1.82) is 0 Å². The molecule has 0 aliphatic heterocycles. The largest absolute Gasteiger partial charge is 0.343 e. The molecule has 2 amide bonds. The molecule has 40 heavy (non-hydrogen) atoms. The summed E-state index contributed by atoms with van der Waals surface area (Å²) in [5.74, 6) is 0.00711. The molecule has 0 radical (unpaired) electrons. The van der Waals surface area contributed by atoms with Crippen LogP contribution in [0.15, 0.2) is 24.5 Å². The second-order valence-corrected chi connectivity index (χ2v) is 11.0. The number of benzene rings is 1. The molecule has 6 rings (SSSR count). The van der Waals surface area contributed by atoms with E-state index in [0.29, 0.717) is 41.3 Å². The van der Waals surface area contributed by atoms with E-state index in [1.54, 1.807) is 32.4 Å². The first-order valence-corrected chi connectivity index (χ1v) is 13.7. The van der Waals surface area contributed by atoms with Crippen LogP contribution in [-0.2, 0) is 20.1 Å². The van der Waals surface area contributed by atoms with E-state index in [-0.39, 0.29) is 11.6 Å². The number of anilines is 2. The van der Waals surface area contributed by atoms with E-state index >= 15 is 0 Å². The molecule has 0 atom stereocenters. The molecule has 0 bridgehead atoms. The fourth-order valence-corrected chi connectivity index (χ4v) is 5.64. The number of alkyl halides is 2. The summed E-state index contributed by atoms with van der Waals surface area (Å²) in [6.45, 7) is 1.94. The molecule has 3 aromatic heterocycles. The Hall–Kier alpha value is -3.96. The van der Waals surface area contributed by atoms with Crippen LogP contribution in [0.25, 0.3) is 21.9 Å². The molecular weight excluding hydrogens is 518 g/mol. The SMILES string of the molecule is CCn1c(C(=O)N(C2CC2)C2CC2)cc2c3c(ncn3C)c(N(C)c3cc(C(=O)N(C)C)n(CC(F)F)n3)cc21. The first-order valence-electron chi connectivity index (χ1n) is 13.7. The van der Waals surface area contributed by atoms with Crippen molar-refractivity contribution in [2.24, 2.45) is 7.05 Å². The Morgan fingerprint density at radius 1 is 1.02 bits per heavy atom. The van der Waals surface area contributed by atoms with E-state index in [1.807, 2.05) is 30.7 Å². The lowest BCUT2D eigenvalue weighted by molar-refractivity contribution is 0.0718. The summed E-state index contributed by atoms with van der Waals surface area (Å²) in [4.78, 5) is 36.5. The van der Waals surface area contributed by atoms with Gasteiger partial charge in [0.15, 0.2) is 5.82 Å². The van der Waals surface area contributed by atoms with E-state index in [1.165, 1.54) is 11.0 Å². The van der Waals surface area contributed by atoms with Gasteiger partial charge in [-0.25, -0.2) is 13.8 Å². The van der Waals surface area contributed by atoms with Crippen molar-refractivity contribution < 1.29 is 18.4 Å². The average molecular weight is 553 g/mol. The number of rotatable bonds is 9. The minimum atomic E-state index is -2.67. The Morgan fingerprint density at radius 2 is 1.70 bits per heavy atom. The number of fused-ring (bicyclic) bond motifs is 3. The van der Waals surface area contributed by atoms with Gasteiger partial charge in [0.1, 0.15) is 23.4 Å². The number of nitrogens with zero attached hydrogens (tertiary/aromatic N) is 8. The van der Waals surface area contributed by atoms with E-state index < -0.39 is 18.9 Å². The molecule has 0 unspecified atom stereocenters. The van der Waals surface area contributed by atoms with Crippen LogP contribution in [0.4, 0.5) is 20.3 Å². The van der Waals surface area contributed by atoms with Crippen LogP contribution in [0.1, 0.15) is 53.6 Å². The predicted octanol–water partition coefficient (Wildman–Crippen LogP) is 4.25. The Bertz CT molecular complexity index is 1610. The predicted molar refractivity (Wildman–Crippen MR) is 148 cm³/mol. The lowest BCUT2D eigenvalue weighted by atomic mass is 10.1. The van der Waals surface area contributed by atoms with Gasteiger partial charge in [0.2, 0.25) is 0 Å². The standard InChI is InChI=1S/C28H34F2N8O2/c1-6-36-19-12-20(35(5)24-13-22(27(39)33(2)3)37(32-24)14-23(29)30)25-26(34(4)15-31-25)18(19)11-21(36)28(40)38(16-7-8-16)17-9-10-17/h11-13,15-17,23H,6-10,14H2,1-5H3. The van der Waals surface area contributed by atoms with Crippen molar-refractivity contribution >= 4 is 45.3 Å². The summed E-state index contributed by atoms with van der Waals surface area (Å²) in [5, 5.41) is 5.32. The van der Waals surface area contributed by atoms with Crippen LogP contribution in [0.3, 0.4) is 0 Å². The van der Waals surface area contributed by atoms with Gasteiger partial charge >= 0.3 is 0 Å². The van der Waals surface area contributed by atoms with E-state index in [0.717, 1.165) is 46.8 Å². The van der Waals surface area contributed by atoms with Gasteiger partial charge in [0.05, 0.1) is 23.0 Å². The molecule has 0 spiro atoms.